The average molecular weight is 546 g/mol. The predicted molar refractivity (Wildman–Crippen MR) is 139 cm³/mol. The van der Waals surface area contributed by atoms with Crippen molar-refractivity contribution in [2.45, 2.75) is 43.3 Å². The molecule has 11 heteroatoms. The fourth-order valence-corrected chi connectivity index (χ4v) is 4.69. The topological polar surface area (TPSA) is 72.7 Å². The molecule has 0 aliphatic heterocycles. The molecular weight excluding hydrogens is 523 g/mol. The third-order valence-corrected chi connectivity index (χ3v) is 6.93. The number of halogens is 4. The number of hydrogen-bond acceptors (Lipinski definition) is 5. The second-order valence-corrected chi connectivity index (χ2v) is 10.3. The summed E-state index contributed by atoms with van der Waals surface area (Å²) < 4.78 is 41.3. The second kappa shape index (κ2) is 10.9. The zero-order valence-electron chi connectivity index (χ0n) is 20.1. The van der Waals surface area contributed by atoms with Gasteiger partial charge in [-0.1, -0.05) is 55.4 Å². The van der Waals surface area contributed by atoms with Gasteiger partial charge in [-0.25, -0.2) is 0 Å². The molecule has 0 fully saturated rings. The largest absolute Gasteiger partial charge is 0.416 e. The Balaban J connectivity index is 1.68. The second-order valence-electron chi connectivity index (χ2n) is 8.54. The summed E-state index contributed by atoms with van der Waals surface area (Å²) in [5.74, 6) is 0.222. The normalized spacial score (nSPS) is 12.5. The SMILES string of the molecule is CC(C)c1ccccc1-n1c(S[C@H](C)C(=O)Nc2cc(C(F)(F)F)ccc2Cl)nnc1-c1cccnc1. The molecule has 37 heavy (non-hydrogen) atoms. The molecule has 1 amide bonds. The van der Waals surface area contributed by atoms with Crippen LogP contribution in [0.25, 0.3) is 17.1 Å². The van der Waals surface area contributed by atoms with Crippen LogP contribution < -0.4 is 5.32 Å². The smallest absolute Gasteiger partial charge is 0.324 e. The first kappa shape index (κ1) is 26.7. The van der Waals surface area contributed by atoms with Gasteiger partial charge in [0, 0.05) is 18.0 Å². The van der Waals surface area contributed by atoms with Crippen molar-refractivity contribution < 1.29 is 18.0 Å². The van der Waals surface area contributed by atoms with E-state index in [9.17, 15) is 18.0 Å². The minimum atomic E-state index is -4.56. The van der Waals surface area contributed by atoms with Crippen LogP contribution in [0.3, 0.4) is 0 Å². The molecule has 2 aromatic heterocycles. The van der Waals surface area contributed by atoms with Crippen LogP contribution in [0.1, 0.15) is 37.8 Å². The Labute approximate surface area is 221 Å². The molecule has 0 saturated heterocycles. The summed E-state index contributed by atoms with van der Waals surface area (Å²) in [5, 5.41) is 11.0. The first-order valence-corrected chi connectivity index (χ1v) is 12.6. The molecule has 4 rings (SSSR count). The summed E-state index contributed by atoms with van der Waals surface area (Å²) in [4.78, 5) is 17.2. The van der Waals surface area contributed by atoms with Gasteiger partial charge in [0.05, 0.1) is 27.2 Å². The summed E-state index contributed by atoms with van der Waals surface area (Å²) in [6, 6.07) is 14.3. The Morgan fingerprint density at radius 1 is 1.05 bits per heavy atom. The molecule has 0 radical (unpaired) electrons. The van der Waals surface area contributed by atoms with Crippen molar-refractivity contribution in [2.24, 2.45) is 0 Å². The van der Waals surface area contributed by atoms with Gasteiger partial charge >= 0.3 is 6.18 Å². The van der Waals surface area contributed by atoms with E-state index in [-0.39, 0.29) is 16.6 Å². The van der Waals surface area contributed by atoms with Crippen LogP contribution in [0.4, 0.5) is 18.9 Å². The number of rotatable bonds is 7. The van der Waals surface area contributed by atoms with Crippen LogP contribution in [0, 0.1) is 0 Å². The van der Waals surface area contributed by atoms with Crippen LogP contribution in [-0.4, -0.2) is 30.9 Å². The van der Waals surface area contributed by atoms with Crippen LogP contribution in [0.15, 0.2) is 72.1 Å². The molecule has 1 N–H and O–H groups in total. The van der Waals surface area contributed by atoms with Gasteiger partial charge in [0.15, 0.2) is 11.0 Å². The van der Waals surface area contributed by atoms with Gasteiger partial charge in [-0.15, -0.1) is 10.2 Å². The van der Waals surface area contributed by atoms with Crippen molar-refractivity contribution in [3.63, 3.8) is 0 Å². The number of amides is 1. The minimum Gasteiger partial charge on any atom is -0.324 e. The number of aromatic nitrogens is 4. The number of alkyl halides is 3. The lowest BCUT2D eigenvalue weighted by molar-refractivity contribution is -0.137. The molecule has 4 aromatic rings. The highest BCUT2D eigenvalue weighted by Crippen LogP contribution is 2.36. The van der Waals surface area contributed by atoms with E-state index >= 15 is 0 Å². The highest BCUT2D eigenvalue weighted by molar-refractivity contribution is 8.00. The number of nitrogens with one attached hydrogen (secondary N) is 1. The number of hydrogen-bond donors (Lipinski definition) is 1. The van der Waals surface area contributed by atoms with Crippen LogP contribution >= 0.6 is 23.4 Å². The molecule has 2 aromatic carbocycles. The van der Waals surface area contributed by atoms with Crippen molar-refractivity contribution in [1.82, 2.24) is 19.7 Å². The Morgan fingerprint density at radius 3 is 2.49 bits per heavy atom. The number of anilines is 1. The van der Waals surface area contributed by atoms with Gasteiger partial charge in [0.2, 0.25) is 5.91 Å². The number of para-hydroxylation sites is 1. The molecule has 0 bridgehead atoms. The molecule has 192 valence electrons. The zero-order chi connectivity index (χ0) is 26.7. The fourth-order valence-electron chi connectivity index (χ4n) is 3.67. The van der Waals surface area contributed by atoms with Gasteiger partial charge in [0.25, 0.3) is 0 Å². The maximum absolute atomic E-state index is 13.1. The Bertz CT molecular complexity index is 1410. The number of carbonyl (C=O) groups excluding carboxylic acids is 1. The molecule has 0 aliphatic carbocycles. The lowest BCUT2D eigenvalue weighted by Gasteiger charge is -2.18. The number of thioether (sulfide) groups is 1. The van der Waals surface area contributed by atoms with E-state index in [0.29, 0.717) is 11.0 Å². The van der Waals surface area contributed by atoms with E-state index in [4.69, 9.17) is 11.6 Å². The fraction of sp³-hybridized carbons (Fsp3) is 0.231. The van der Waals surface area contributed by atoms with E-state index in [0.717, 1.165) is 46.8 Å². The summed E-state index contributed by atoms with van der Waals surface area (Å²) in [6.45, 7) is 5.79. The van der Waals surface area contributed by atoms with Gasteiger partial charge in [-0.05, 0) is 54.8 Å². The number of carbonyl (C=O) groups is 1. The summed E-state index contributed by atoms with van der Waals surface area (Å²) in [7, 11) is 0. The molecule has 0 aliphatic rings. The average Bonchev–Trinajstić information content (AvgIpc) is 3.28. The third-order valence-electron chi connectivity index (χ3n) is 5.56. The Morgan fingerprint density at radius 2 is 1.81 bits per heavy atom. The zero-order valence-corrected chi connectivity index (χ0v) is 21.7. The van der Waals surface area contributed by atoms with E-state index in [1.54, 1.807) is 25.4 Å². The van der Waals surface area contributed by atoms with Gasteiger partial charge in [-0.3, -0.25) is 14.3 Å². The molecule has 2 heterocycles. The third kappa shape index (κ3) is 5.97. The van der Waals surface area contributed by atoms with Crippen LogP contribution in [0.2, 0.25) is 5.02 Å². The van der Waals surface area contributed by atoms with E-state index in [2.05, 4.69) is 34.3 Å². The maximum atomic E-state index is 13.1. The maximum Gasteiger partial charge on any atom is 0.416 e. The van der Waals surface area contributed by atoms with Crippen molar-refractivity contribution in [3.05, 3.63) is 83.1 Å². The minimum absolute atomic E-state index is 0.00596. The van der Waals surface area contributed by atoms with Gasteiger partial charge in [0.1, 0.15) is 0 Å². The summed E-state index contributed by atoms with van der Waals surface area (Å²) in [5.41, 5.74) is 1.64. The van der Waals surface area contributed by atoms with Gasteiger partial charge in [-0.2, -0.15) is 13.2 Å². The number of nitrogens with zero attached hydrogens (tertiary/aromatic N) is 4. The molecule has 0 unspecified atom stereocenters. The first-order valence-electron chi connectivity index (χ1n) is 11.4. The monoisotopic (exact) mass is 545 g/mol. The standard InChI is InChI=1S/C26H23ClF3N5OS/c1-15(2)19-8-4-5-9-22(19)35-23(17-7-6-12-31-14-17)33-34-25(35)37-16(3)24(36)32-21-13-18(26(28,29)30)10-11-20(21)27/h4-16H,1-3H3,(H,32,36)/t16-/m1/s1. The van der Waals surface area contributed by atoms with E-state index < -0.39 is 22.9 Å². The molecule has 1 atom stereocenters. The van der Waals surface area contributed by atoms with E-state index in [1.165, 1.54) is 0 Å². The summed E-state index contributed by atoms with van der Waals surface area (Å²) >= 11 is 7.19. The number of benzene rings is 2. The molecule has 0 saturated carbocycles. The van der Waals surface area contributed by atoms with Crippen molar-refractivity contribution in [1.29, 1.82) is 0 Å². The highest BCUT2D eigenvalue weighted by atomic mass is 35.5. The highest BCUT2D eigenvalue weighted by Gasteiger charge is 2.31. The van der Waals surface area contributed by atoms with E-state index in [1.807, 2.05) is 34.9 Å². The predicted octanol–water partition coefficient (Wildman–Crippen LogP) is 7.24. The Kier molecular flexibility index (Phi) is 7.89. The van der Waals surface area contributed by atoms with Gasteiger partial charge < -0.3 is 5.32 Å². The van der Waals surface area contributed by atoms with Crippen molar-refractivity contribution >= 4 is 35.0 Å². The lowest BCUT2D eigenvalue weighted by Crippen LogP contribution is -2.23. The van der Waals surface area contributed by atoms with Crippen LogP contribution in [0.5, 0.6) is 0 Å². The molecular formula is C26H23ClF3N5OS. The summed E-state index contributed by atoms with van der Waals surface area (Å²) in [6.07, 6.45) is -1.22. The first-order chi connectivity index (χ1) is 17.6. The lowest BCUT2D eigenvalue weighted by atomic mass is 10.0. The molecule has 0 spiro atoms. The Hall–Kier alpha value is -3.37. The van der Waals surface area contributed by atoms with Crippen LogP contribution in [-0.2, 0) is 11.0 Å². The molecule has 6 nitrogen and oxygen atoms in total. The quantitative estimate of drug-likeness (QED) is 0.248. The van der Waals surface area contributed by atoms with Crippen molar-refractivity contribution in [3.8, 4) is 17.1 Å². The van der Waals surface area contributed by atoms with Crippen molar-refractivity contribution in [2.75, 3.05) is 5.32 Å². The number of pyridine rings is 1.